The highest BCUT2D eigenvalue weighted by atomic mass is 79.9. The van der Waals surface area contributed by atoms with Crippen LogP contribution in [-0.2, 0) is 16.6 Å². The number of nitrogens with zero attached hydrogens (tertiary/aromatic N) is 1. The molecule has 2 rings (SSSR count). The molecule has 27 heavy (non-hydrogen) atoms. The average molecular weight is 455 g/mol. The first kappa shape index (κ1) is 21.9. The van der Waals surface area contributed by atoms with E-state index in [1.165, 1.54) is 0 Å². The van der Waals surface area contributed by atoms with E-state index < -0.39 is 10.0 Å². The highest BCUT2D eigenvalue weighted by Gasteiger charge is 2.17. The van der Waals surface area contributed by atoms with E-state index in [1.807, 2.05) is 31.2 Å². The van der Waals surface area contributed by atoms with Crippen molar-refractivity contribution in [1.82, 2.24) is 9.62 Å². The summed E-state index contributed by atoms with van der Waals surface area (Å²) in [6, 6.07) is 12.7. The van der Waals surface area contributed by atoms with Crippen molar-refractivity contribution in [3.05, 3.63) is 58.1 Å². The number of benzene rings is 2. The lowest BCUT2D eigenvalue weighted by Gasteiger charge is -2.18. The Bertz CT molecular complexity index is 835. The van der Waals surface area contributed by atoms with Gasteiger partial charge in [-0.25, -0.2) is 13.1 Å². The Labute approximate surface area is 170 Å². The molecule has 2 aromatic carbocycles. The predicted molar refractivity (Wildman–Crippen MR) is 113 cm³/mol. The lowest BCUT2D eigenvalue weighted by Crippen LogP contribution is -2.27. The van der Waals surface area contributed by atoms with Crippen molar-refractivity contribution in [3.8, 4) is 5.75 Å². The summed E-state index contributed by atoms with van der Waals surface area (Å²) in [6.45, 7) is 9.95. The van der Waals surface area contributed by atoms with E-state index in [-0.39, 0.29) is 11.4 Å². The maximum atomic E-state index is 12.5. The summed E-state index contributed by atoms with van der Waals surface area (Å²) in [7, 11) is -3.58. The van der Waals surface area contributed by atoms with Crippen molar-refractivity contribution in [3.63, 3.8) is 0 Å². The second kappa shape index (κ2) is 10.2. The van der Waals surface area contributed by atoms with Gasteiger partial charge in [0, 0.05) is 17.6 Å². The second-order valence-corrected chi connectivity index (χ2v) is 8.87. The molecule has 0 aromatic heterocycles. The van der Waals surface area contributed by atoms with Gasteiger partial charge in [0.25, 0.3) is 0 Å². The third-order valence-corrected chi connectivity index (χ3v) is 6.72. The van der Waals surface area contributed by atoms with Gasteiger partial charge in [-0.05, 0) is 71.3 Å². The van der Waals surface area contributed by atoms with Gasteiger partial charge in [-0.1, -0.05) is 32.0 Å². The zero-order valence-corrected chi connectivity index (χ0v) is 18.4. The van der Waals surface area contributed by atoms with Gasteiger partial charge in [0.1, 0.15) is 12.4 Å². The summed E-state index contributed by atoms with van der Waals surface area (Å²) in [5, 5.41) is 0. The topological polar surface area (TPSA) is 58.6 Å². The Kier molecular flexibility index (Phi) is 8.28. The molecule has 148 valence electrons. The monoisotopic (exact) mass is 454 g/mol. The van der Waals surface area contributed by atoms with E-state index in [0.717, 1.165) is 36.5 Å². The molecule has 0 fully saturated rings. The fourth-order valence-corrected chi connectivity index (χ4v) is 4.82. The molecule has 0 saturated carbocycles. The molecular formula is C20H27BrN2O3S. The minimum atomic E-state index is -3.58. The summed E-state index contributed by atoms with van der Waals surface area (Å²) in [5.74, 6) is 0.787. The van der Waals surface area contributed by atoms with Crippen LogP contribution in [0.2, 0.25) is 0 Å². The molecular weight excluding hydrogens is 428 g/mol. The summed E-state index contributed by atoms with van der Waals surface area (Å²) in [5.41, 5.74) is 1.87. The van der Waals surface area contributed by atoms with Crippen molar-refractivity contribution >= 4 is 26.0 Å². The number of aryl methyl sites for hydroxylation is 1. The zero-order chi connectivity index (χ0) is 19.9. The highest BCUT2D eigenvalue weighted by molar-refractivity contribution is 9.10. The lowest BCUT2D eigenvalue weighted by molar-refractivity contribution is 0.223. The summed E-state index contributed by atoms with van der Waals surface area (Å²) in [6.07, 6.45) is 0. The van der Waals surface area contributed by atoms with Crippen LogP contribution in [0.4, 0.5) is 0 Å². The predicted octanol–water partition coefficient (Wildman–Crippen LogP) is 3.96. The van der Waals surface area contributed by atoms with Crippen molar-refractivity contribution in [2.24, 2.45) is 0 Å². The molecule has 2 aromatic rings. The van der Waals surface area contributed by atoms with Gasteiger partial charge in [-0.2, -0.15) is 0 Å². The molecule has 0 saturated heterocycles. The van der Waals surface area contributed by atoms with Crippen LogP contribution in [0.3, 0.4) is 0 Å². The van der Waals surface area contributed by atoms with Crippen LogP contribution in [0.15, 0.2) is 51.8 Å². The Morgan fingerprint density at radius 3 is 2.33 bits per heavy atom. The van der Waals surface area contributed by atoms with Crippen LogP contribution in [0, 0.1) is 6.92 Å². The molecule has 1 N–H and O–H groups in total. The summed E-state index contributed by atoms with van der Waals surface area (Å²) >= 11 is 3.32. The SMILES string of the molecule is CCN(CC)CCOc1ccc(CNS(=O)(=O)c2ccc(C)cc2Br)cc1. The van der Waals surface area contributed by atoms with E-state index >= 15 is 0 Å². The Balaban J connectivity index is 1.90. The normalized spacial score (nSPS) is 11.7. The van der Waals surface area contributed by atoms with Crippen LogP contribution >= 0.6 is 15.9 Å². The third-order valence-electron chi connectivity index (χ3n) is 4.34. The van der Waals surface area contributed by atoms with Crippen LogP contribution in [0.25, 0.3) is 0 Å². The molecule has 0 heterocycles. The minimum absolute atomic E-state index is 0.225. The van der Waals surface area contributed by atoms with Crippen molar-refractivity contribution in [2.45, 2.75) is 32.2 Å². The third kappa shape index (κ3) is 6.60. The summed E-state index contributed by atoms with van der Waals surface area (Å²) < 4.78 is 33.9. The highest BCUT2D eigenvalue weighted by Crippen LogP contribution is 2.23. The van der Waals surface area contributed by atoms with E-state index in [9.17, 15) is 8.42 Å². The standard InChI is InChI=1S/C20H27BrN2O3S/c1-4-23(5-2)12-13-26-18-9-7-17(8-10-18)15-22-27(24,25)20-11-6-16(3)14-19(20)21/h6-11,14,22H,4-5,12-13,15H2,1-3H3. The number of hydrogen-bond acceptors (Lipinski definition) is 4. The van der Waals surface area contributed by atoms with Gasteiger partial charge in [0.05, 0.1) is 4.90 Å². The molecule has 0 spiro atoms. The van der Waals surface area contributed by atoms with Crippen molar-refractivity contribution < 1.29 is 13.2 Å². The fourth-order valence-electron chi connectivity index (χ4n) is 2.62. The summed E-state index contributed by atoms with van der Waals surface area (Å²) in [4.78, 5) is 2.54. The lowest BCUT2D eigenvalue weighted by atomic mass is 10.2. The quantitative estimate of drug-likeness (QED) is 0.590. The Hall–Kier alpha value is -1.41. The van der Waals surface area contributed by atoms with E-state index in [4.69, 9.17) is 4.74 Å². The van der Waals surface area contributed by atoms with E-state index in [2.05, 4.69) is 39.4 Å². The van der Waals surface area contributed by atoms with Gasteiger partial charge in [0.15, 0.2) is 0 Å². The van der Waals surface area contributed by atoms with Gasteiger partial charge >= 0.3 is 0 Å². The number of rotatable bonds is 10. The van der Waals surface area contributed by atoms with Crippen LogP contribution < -0.4 is 9.46 Å². The maximum Gasteiger partial charge on any atom is 0.241 e. The smallest absolute Gasteiger partial charge is 0.241 e. The van der Waals surface area contributed by atoms with Crippen molar-refractivity contribution in [2.75, 3.05) is 26.2 Å². The number of sulfonamides is 1. The molecule has 7 heteroatoms. The average Bonchev–Trinajstić information content (AvgIpc) is 2.64. The van der Waals surface area contributed by atoms with Gasteiger partial charge in [-0.3, -0.25) is 0 Å². The number of ether oxygens (including phenoxy) is 1. The fraction of sp³-hybridized carbons (Fsp3) is 0.400. The maximum absolute atomic E-state index is 12.5. The van der Waals surface area contributed by atoms with Crippen LogP contribution in [0.5, 0.6) is 5.75 Å². The van der Waals surface area contributed by atoms with E-state index in [0.29, 0.717) is 11.1 Å². The molecule has 0 atom stereocenters. The minimum Gasteiger partial charge on any atom is -0.492 e. The first-order valence-corrected chi connectivity index (χ1v) is 11.3. The van der Waals surface area contributed by atoms with Gasteiger partial charge in [-0.15, -0.1) is 0 Å². The van der Waals surface area contributed by atoms with Crippen LogP contribution in [-0.4, -0.2) is 39.6 Å². The molecule has 0 aliphatic carbocycles. The molecule has 0 amide bonds. The molecule has 0 radical (unpaired) electrons. The Morgan fingerprint density at radius 1 is 1.07 bits per heavy atom. The van der Waals surface area contributed by atoms with Gasteiger partial charge < -0.3 is 9.64 Å². The second-order valence-electron chi connectivity index (χ2n) is 6.28. The first-order valence-electron chi connectivity index (χ1n) is 9.05. The molecule has 0 bridgehead atoms. The first-order chi connectivity index (χ1) is 12.9. The van der Waals surface area contributed by atoms with Gasteiger partial charge in [0.2, 0.25) is 10.0 Å². The molecule has 0 aliphatic rings. The van der Waals surface area contributed by atoms with E-state index in [1.54, 1.807) is 18.2 Å². The van der Waals surface area contributed by atoms with Crippen LogP contribution in [0.1, 0.15) is 25.0 Å². The molecule has 0 unspecified atom stereocenters. The molecule has 5 nitrogen and oxygen atoms in total. The number of halogens is 1. The Morgan fingerprint density at radius 2 is 1.74 bits per heavy atom. The zero-order valence-electron chi connectivity index (χ0n) is 16.0. The number of nitrogens with one attached hydrogen (secondary N) is 1. The largest absolute Gasteiger partial charge is 0.492 e. The number of hydrogen-bond donors (Lipinski definition) is 1. The molecule has 0 aliphatic heterocycles. The van der Waals surface area contributed by atoms with Crippen molar-refractivity contribution in [1.29, 1.82) is 0 Å². The number of likely N-dealkylation sites (N-methyl/N-ethyl adjacent to an activating group) is 1.